The average molecular weight is 440 g/mol. The Morgan fingerprint density at radius 2 is 2.09 bits per heavy atom. The number of esters is 2. The lowest BCUT2D eigenvalue weighted by atomic mass is 9.53. The molecule has 0 radical (unpaired) electrons. The van der Waals surface area contributed by atoms with E-state index in [1.807, 2.05) is 12.1 Å². The molecule has 0 saturated carbocycles. The molecule has 4 aliphatic heterocycles. The third-order valence-corrected chi connectivity index (χ3v) is 8.38. The largest absolute Gasteiger partial charge is 0.493 e. The van der Waals surface area contributed by atoms with E-state index in [0.717, 1.165) is 42.9 Å². The molecular formula is C24H28N2O6. The number of methoxy groups -OCH3 is 2. The molecule has 8 nitrogen and oxygen atoms in total. The predicted molar refractivity (Wildman–Crippen MR) is 115 cm³/mol. The second-order valence-corrected chi connectivity index (χ2v) is 9.59. The number of anilines is 1. The number of carbonyl (C=O) groups excluding carboxylic acids is 2. The molecule has 4 heterocycles. The summed E-state index contributed by atoms with van der Waals surface area (Å²) in [6.07, 6.45) is 2.81. The van der Waals surface area contributed by atoms with Gasteiger partial charge in [-0.2, -0.15) is 0 Å². The van der Waals surface area contributed by atoms with E-state index in [0.29, 0.717) is 23.5 Å². The topological polar surface area (TPSA) is 89.6 Å². The van der Waals surface area contributed by atoms with Crippen LogP contribution in [0.1, 0.15) is 38.7 Å². The summed E-state index contributed by atoms with van der Waals surface area (Å²) in [5.41, 5.74) is 2.99. The quantitative estimate of drug-likeness (QED) is 0.434. The zero-order chi connectivity index (χ0) is 22.4. The summed E-state index contributed by atoms with van der Waals surface area (Å²) in [5, 5.41) is 3.57. The van der Waals surface area contributed by atoms with Crippen LogP contribution in [0.4, 0.5) is 5.69 Å². The molecule has 1 N–H and O–H groups in total. The lowest BCUT2D eigenvalue weighted by Crippen LogP contribution is -2.63. The Labute approximate surface area is 186 Å². The van der Waals surface area contributed by atoms with E-state index in [9.17, 15) is 9.59 Å². The zero-order valence-corrected chi connectivity index (χ0v) is 18.8. The Kier molecular flexibility index (Phi) is 4.06. The maximum Gasteiger partial charge on any atom is 0.335 e. The normalized spacial score (nSPS) is 35.8. The minimum atomic E-state index is -0.412. The smallest absolute Gasteiger partial charge is 0.335 e. The third kappa shape index (κ3) is 2.29. The predicted octanol–water partition coefficient (Wildman–Crippen LogP) is 2.37. The van der Waals surface area contributed by atoms with Gasteiger partial charge in [0.1, 0.15) is 0 Å². The van der Waals surface area contributed by atoms with Crippen LogP contribution in [0.3, 0.4) is 0 Å². The average Bonchev–Trinajstić information content (AvgIpc) is 3.37. The second kappa shape index (κ2) is 6.48. The minimum absolute atomic E-state index is 0.153. The number of fused-ring (bicyclic) bond motifs is 3. The highest BCUT2D eigenvalue weighted by Crippen LogP contribution is 2.68. The molecule has 0 aromatic heterocycles. The number of ether oxygens (including phenoxy) is 4. The minimum Gasteiger partial charge on any atom is -0.493 e. The molecule has 1 aromatic carbocycles. The Balaban J connectivity index is 1.62. The van der Waals surface area contributed by atoms with Crippen molar-refractivity contribution in [3.8, 4) is 11.5 Å². The highest BCUT2D eigenvalue weighted by Gasteiger charge is 2.74. The van der Waals surface area contributed by atoms with Crippen molar-refractivity contribution in [1.29, 1.82) is 0 Å². The van der Waals surface area contributed by atoms with Gasteiger partial charge in [0.05, 0.1) is 37.4 Å². The van der Waals surface area contributed by atoms with Gasteiger partial charge in [-0.3, -0.25) is 9.69 Å². The van der Waals surface area contributed by atoms with Crippen LogP contribution in [0.15, 0.2) is 23.4 Å². The van der Waals surface area contributed by atoms with Gasteiger partial charge in [0, 0.05) is 42.4 Å². The summed E-state index contributed by atoms with van der Waals surface area (Å²) < 4.78 is 22.5. The number of nitrogens with one attached hydrogen (secondary N) is 1. The molecule has 3 saturated heterocycles. The summed E-state index contributed by atoms with van der Waals surface area (Å²) in [6.45, 7) is 5.43. The van der Waals surface area contributed by atoms with E-state index in [1.54, 1.807) is 7.11 Å². The van der Waals surface area contributed by atoms with Gasteiger partial charge in [-0.25, -0.2) is 4.79 Å². The summed E-state index contributed by atoms with van der Waals surface area (Å²) in [5.74, 6) is 0.189. The van der Waals surface area contributed by atoms with E-state index in [4.69, 9.17) is 18.9 Å². The first-order valence-corrected chi connectivity index (χ1v) is 11.3. The van der Waals surface area contributed by atoms with Crippen LogP contribution in [0.25, 0.3) is 0 Å². The number of nitrogens with zero attached hydrogens (tertiary/aromatic N) is 1. The summed E-state index contributed by atoms with van der Waals surface area (Å²) >= 11 is 0. The molecule has 32 heavy (non-hydrogen) atoms. The number of hydrogen-bond acceptors (Lipinski definition) is 8. The first-order chi connectivity index (χ1) is 15.4. The Morgan fingerprint density at radius 3 is 2.78 bits per heavy atom. The van der Waals surface area contributed by atoms with Gasteiger partial charge in [0.2, 0.25) is 0 Å². The van der Waals surface area contributed by atoms with Crippen molar-refractivity contribution in [2.75, 3.05) is 32.6 Å². The molecule has 3 fully saturated rings. The molecule has 0 unspecified atom stereocenters. The Hall–Kier alpha value is -2.58. The van der Waals surface area contributed by atoms with Gasteiger partial charge in [0.15, 0.2) is 11.5 Å². The summed E-state index contributed by atoms with van der Waals surface area (Å²) in [7, 11) is 2.99. The van der Waals surface area contributed by atoms with Crippen LogP contribution in [-0.2, 0) is 24.5 Å². The monoisotopic (exact) mass is 440 g/mol. The van der Waals surface area contributed by atoms with Crippen LogP contribution >= 0.6 is 0 Å². The molecule has 0 bridgehead atoms. The molecule has 170 valence electrons. The highest BCUT2D eigenvalue weighted by atomic mass is 16.6. The number of rotatable bonds is 4. The standard InChI is InChI=1S/C24H28N2O6/c1-5-23-10-13(21(28)30-4)19-24(6-7-26(22(23)24)11-18-20(23)32-18)14-8-17(31-12(2)27)16(29-3)9-15(14)25-19/h8-9,18,20,22,25H,5-7,10-11H2,1-4H3/t18-,20-,22-,23+,24-/m0/s1. The molecular weight excluding hydrogens is 412 g/mol. The van der Waals surface area contributed by atoms with Crippen LogP contribution in [0, 0.1) is 5.41 Å². The van der Waals surface area contributed by atoms with Gasteiger partial charge < -0.3 is 24.3 Å². The fourth-order valence-electron chi connectivity index (χ4n) is 7.25. The molecule has 5 aliphatic rings. The number of epoxide rings is 1. The zero-order valence-electron chi connectivity index (χ0n) is 18.8. The second-order valence-electron chi connectivity index (χ2n) is 9.59. The fourth-order valence-corrected chi connectivity index (χ4v) is 7.25. The van der Waals surface area contributed by atoms with Gasteiger partial charge in [0.25, 0.3) is 0 Å². The molecule has 1 aromatic rings. The Morgan fingerprint density at radius 1 is 1.28 bits per heavy atom. The SMILES string of the molecule is CC[C@@]12CC(C(=O)OC)=C3Nc4cc(OC)c(OC(C)=O)cc4[C@@]34CCN(C[C@@H]3O[C@@H]31)[C@@H]24. The number of piperidine rings is 1. The van der Waals surface area contributed by atoms with Crippen LogP contribution in [0.5, 0.6) is 11.5 Å². The highest BCUT2D eigenvalue weighted by molar-refractivity contribution is 5.93. The first-order valence-electron chi connectivity index (χ1n) is 11.3. The van der Waals surface area contributed by atoms with Crippen molar-refractivity contribution < 1.29 is 28.5 Å². The number of carbonyl (C=O) groups is 2. The Bertz CT molecular complexity index is 1080. The number of hydrogen-bond donors (Lipinski definition) is 1. The molecule has 1 aliphatic carbocycles. The lowest BCUT2D eigenvalue weighted by molar-refractivity contribution is -0.137. The van der Waals surface area contributed by atoms with Crippen molar-refractivity contribution in [2.45, 2.75) is 56.8 Å². The van der Waals surface area contributed by atoms with Crippen molar-refractivity contribution in [3.05, 3.63) is 29.0 Å². The van der Waals surface area contributed by atoms with Crippen molar-refractivity contribution in [3.63, 3.8) is 0 Å². The van der Waals surface area contributed by atoms with Crippen molar-refractivity contribution >= 4 is 17.6 Å². The first kappa shape index (κ1) is 20.1. The molecule has 0 amide bonds. The molecule has 5 atom stereocenters. The third-order valence-electron chi connectivity index (χ3n) is 8.38. The van der Waals surface area contributed by atoms with E-state index in [1.165, 1.54) is 14.0 Å². The molecule has 1 spiro atoms. The van der Waals surface area contributed by atoms with E-state index >= 15 is 0 Å². The van der Waals surface area contributed by atoms with Crippen molar-refractivity contribution in [1.82, 2.24) is 4.90 Å². The van der Waals surface area contributed by atoms with E-state index in [-0.39, 0.29) is 29.6 Å². The van der Waals surface area contributed by atoms with E-state index in [2.05, 4.69) is 17.1 Å². The molecule has 6 rings (SSSR count). The number of benzene rings is 1. The van der Waals surface area contributed by atoms with Gasteiger partial charge in [-0.05, 0) is 37.4 Å². The summed E-state index contributed by atoms with van der Waals surface area (Å²) in [4.78, 5) is 27.4. The lowest BCUT2D eigenvalue weighted by Gasteiger charge is -2.54. The van der Waals surface area contributed by atoms with Crippen LogP contribution < -0.4 is 14.8 Å². The van der Waals surface area contributed by atoms with Gasteiger partial charge >= 0.3 is 11.9 Å². The fraction of sp³-hybridized carbons (Fsp3) is 0.583. The summed E-state index contributed by atoms with van der Waals surface area (Å²) in [6, 6.07) is 4.00. The maximum atomic E-state index is 13.1. The maximum absolute atomic E-state index is 13.1. The van der Waals surface area contributed by atoms with Crippen LogP contribution in [-0.4, -0.2) is 62.4 Å². The molecule has 8 heteroatoms. The van der Waals surface area contributed by atoms with Gasteiger partial charge in [-0.1, -0.05) is 6.92 Å². The van der Waals surface area contributed by atoms with Crippen LogP contribution in [0.2, 0.25) is 0 Å². The van der Waals surface area contributed by atoms with E-state index < -0.39 is 11.4 Å². The van der Waals surface area contributed by atoms with Gasteiger partial charge in [-0.15, -0.1) is 0 Å². The van der Waals surface area contributed by atoms with Crippen molar-refractivity contribution in [2.24, 2.45) is 5.41 Å².